The Balaban J connectivity index is 1.57. The molecule has 0 saturated heterocycles. The Morgan fingerprint density at radius 1 is 0.453 bits per heavy atom. The predicted octanol–water partition coefficient (Wildman–Crippen LogP) is 10.3. The maximum absolute atomic E-state index is 13.4. The van der Waals surface area contributed by atoms with Crippen molar-refractivity contribution in [1.29, 1.82) is 0 Å². The Bertz CT molecular complexity index is 2340. The van der Waals surface area contributed by atoms with Gasteiger partial charge in [0.1, 0.15) is 47.6 Å². The molecular formula is C55H67N3O6. The fourth-order valence-corrected chi connectivity index (χ4v) is 8.52. The molecule has 5 aromatic rings. The Morgan fingerprint density at radius 2 is 0.719 bits per heavy atom. The van der Waals surface area contributed by atoms with Gasteiger partial charge >= 0.3 is 0 Å². The van der Waals surface area contributed by atoms with Gasteiger partial charge < -0.3 is 30.3 Å². The van der Waals surface area contributed by atoms with E-state index in [0.717, 1.165) is 66.8 Å². The van der Waals surface area contributed by atoms with E-state index in [1.54, 1.807) is 18.2 Å². The number of nitrogens with zero attached hydrogens (tertiary/aromatic N) is 1. The normalized spacial score (nSPS) is 15.4. The summed E-state index contributed by atoms with van der Waals surface area (Å²) in [4.78, 5) is 31.3. The van der Waals surface area contributed by atoms with Gasteiger partial charge in [0.15, 0.2) is 0 Å². The van der Waals surface area contributed by atoms with Crippen LogP contribution >= 0.6 is 0 Å². The van der Waals surface area contributed by atoms with Crippen LogP contribution in [0.3, 0.4) is 0 Å². The van der Waals surface area contributed by atoms with Gasteiger partial charge in [0.25, 0.3) is 11.8 Å². The average Bonchev–Trinajstić information content (AvgIpc) is 3.19. The molecule has 0 radical (unpaired) electrons. The van der Waals surface area contributed by atoms with Crippen molar-refractivity contribution >= 4 is 11.8 Å². The van der Waals surface area contributed by atoms with Crippen molar-refractivity contribution in [3.63, 3.8) is 0 Å². The Kier molecular flexibility index (Phi) is 12.5. The number of nitrogens with one attached hydrogen (secondary N) is 2. The molecule has 0 atom stereocenters. The number of carbonyl (C=O) groups is 2. The minimum Gasteiger partial charge on any atom is -0.507 e. The zero-order valence-electron chi connectivity index (χ0n) is 40.0. The maximum atomic E-state index is 13.4. The van der Waals surface area contributed by atoms with Gasteiger partial charge in [0.05, 0.1) is 13.1 Å². The zero-order chi connectivity index (χ0) is 46.5. The molecule has 2 aliphatic heterocycles. The molecule has 64 heavy (non-hydrogen) atoms. The molecule has 2 amide bonds. The van der Waals surface area contributed by atoms with Gasteiger partial charge in [-0.25, -0.2) is 4.98 Å². The van der Waals surface area contributed by atoms with Crippen LogP contribution in [0.4, 0.5) is 0 Å². The number of ether oxygens (including phenoxy) is 2. The zero-order valence-corrected chi connectivity index (χ0v) is 40.0. The van der Waals surface area contributed by atoms with Crippen LogP contribution in [-0.2, 0) is 47.3 Å². The third-order valence-corrected chi connectivity index (χ3v) is 12.5. The highest BCUT2D eigenvalue weighted by atomic mass is 16.5. The second-order valence-corrected chi connectivity index (χ2v) is 21.9. The molecule has 1 aliphatic carbocycles. The number of phenolic OH excluding ortho intramolecular Hbond substituents is 2. The molecule has 9 heteroatoms. The van der Waals surface area contributed by atoms with Gasteiger partial charge in [-0.2, -0.15) is 0 Å². The van der Waals surface area contributed by atoms with Crippen LogP contribution in [0.15, 0.2) is 66.7 Å². The number of hydrogen-bond donors (Lipinski definition) is 4. The maximum Gasteiger partial charge on any atom is 0.270 e. The lowest BCUT2D eigenvalue weighted by atomic mass is 9.79. The van der Waals surface area contributed by atoms with Crippen molar-refractivity contribution in [1.82, 2.24) is 15.6 Å². The molecule has 8 rings (SSSR count). The quantitative estimate of drug-likeness (QED) is 0.120. The van der Waals surface area contributed by atoms with E-state index in [4.69, 9.17) is 9.47 Å². The third kappa shape index (κ3) is 10.1. The number of fused-ring (bicyclic) bond motifs is 8. The lowest BCUT2D eigenvalue weighted by molar-refractivity contribution is 0.0937. The minimum absolute atomic E-state index is 0.118. The number of benzene rings is 4. The number of phenols is 2. The summed E-state index contributed by atoms with van der Waals surface area (Å²) >= 11 is 0. The Morgan fingerprint density at radius 3 is 0.984 bits per heavy atom. The number of hydrogen-bond acceptors (Lipinski definition) is 7. The number of aromatic hydroxyl groups is 2. The predicted molar refractivity (Wildman–Crippen MR) is 255 cm³/mol. The summed E-state index contributed by atoms with van der Waals surface area (Å²) in [6.45, 7) is 26.8. The largest absolute Gasteiger partial charge is 0.507 e. The standard InChI is InChI=1S/C55H67N3O6/c1-52(2,3)40-24-32-20-36-28-42(54(7,8)9)30-38-22-34-26-41(53(4,5)6)27-35(47(34)60)23-39-31-43(55(10,11)12)29-37(21-33(25-40)46(32)59)49(39)64-19-17-57-51(62)45-15-13-14-44(58-45)50(61)56-16-18-63-48(36)38/h13-15,24-31,59-60H,16-23H2,1-12H3,(H,56,61)(H,57,62). The number of amides is 2. The summed E-state index contributed by atoms with van der Waals surface area (Å²) in [6, 6.07) is 22.0. The first kappa shape index (κ1) is 46.2. The molecule has 3 aliphatic rings. The fraction of sp³-hybridized carbons (Fsp3) is 0.436. The first-order chi connectivity index (χ1) is 29.9. The molecule has 4 aromatic carbocycles. The topological polar surface area (TPSA) is 130 Å². The number of aromatic nitrogens is 1. The van der Waals surface area contributed by atoms with Gasteiger partial charge in [-0.05, 0) is 101 Å². The molecule has 12 bridgehead atoms. The summed E-state index contributed by atoms with van der Waals surface area (Å²) in [7, 11) is 0. The van der Waals surface area contributed by atoms with E-state index in [1.807, 2.05) is 0 Å². The van der Waals surface area contributed by atoms with E-state index in [1.165, 1.54) is 0 Å². The lowest BCUT2D eigenvalue weighted by Gasteiger charge is -2.28. The second kappa shape index (κ2) is 17.3. The molecule has 0 unspecified atom stereocenters. The van der Waals surface area contributed by atoms with E-state index >= 15 is 0 Å². The number of carbonyl (C=O) groups excluding carboxylic acids is 2. The monoisotopic (exact) mass is 866 g/mol. The smallest absolute Gasteiger partial charge is 0.270 e. The summed E-state index contributed by atoms with van der Waals surface area (Å²) in [6.07, 6.45) is 1.47. The van der Waals surface area contributed by atoms with Gasteiger partial charge in [-0.3, -0.25) is 9.59 Å². The highest BCUT2D eigenvalue weighted by Gasteiger charge is 2.29. The van der Waals surface area contributed by atoms with Crippen LogP contribution in [-0.4, -0.2) is 53.3 Å². The summed E-state index contributed by atoms with van der Waals surface area (Å²) in [5, 5.41) is 30.9. The average molecular weight is 866 g/mol. The van der Waals surface area contributed by atoms with Gasteiger partial charge in [-0.1, -0.05) is 138 Å². The summed E-state index contributed by atoms with van der Waals surface area (Å²) < 4.78 is 13.6. The molecule has 0 fully saturated rings. The third-order valence-electron chi connectivity index (χ3n) is 12.5. The van der Waals surface area contributed by atoms with Crippen LogP contribution in [0.5, 0.6) is 23.0 Å². The fourth-order valence-electron chi connectivity index (χ4n) is 8.52. The van der Waals surface area contributed by atoms with Crippen LogP contribution in [0, 0.1) is 0 Å². The van der Waals surface area contributed by atoms with Crippen molar-refractivity contribution in [2.75, 3.05) is 26.3 Å². The van der Waals surface area contributed by atoms with E-state index < -0.39 is 11.8 Å². The van der Waals surface area contributed by atoms with Gasteiger partial charge in [-0.15, -0.1) is 0 Å². The SMILES string of the molecule is CC(C)(C)c1cc2c(O)c(c1)Cc1cc(C(C)(C)C)cc3c1OCCNC(=O)c1cccc(n1)C(=O)NCCOc1c(cc(C(C)(C)C)cc1Cc1cc(C(C)(C)C)cc(c1O)C3)C2. The van der Waals surface area contributed by atoms with E-state index in [-0.39, 0.29) is 70.9 Å². The van der Waals surface area contributed by atoms with Gasteiger partial charge in [0, 0.05) is 25.7 Å². The summed E-state index contributed by atoms with van der Waals surface area (Å²) in [5.41, 5.74) is 10.3. The Hall–Kier alpha value is -5.83. The first-order valence-corrected chi connectivity index (χ1v) is 22.7. The molecule has 0 saturated carbocycles. The van der Waals surface area contributed by atoms with E-state index in [0.29, 0.717) is 37.2 Å². The van der Waals surface area contributed by atoms with Crippen molar-refractivity contribution in [2.45, 2.75) is 130 Å². The molecule has 0 spiro atoms. The van der Waals surface area contributed by atoms with Crippen LogP contribution in [0.1, 0.15) is 171 Å². The first-order valence-electron chi connectivity index (χ1n) is 22.7. The lowest BCUT2D eigenvalue weighted by Crippen LogP contribution is -2.31. The van der Waals surface area contributed by atoms with Gasteiger partial charge in [0.2, 0.25) is 0 Å². The van der Waals surface area contributed by atoms with Crippen molar-refractivity contribution < 1.29 is 29.3 Å². The minimum atomic E-state index is -0.430. The highest BCUT2D eigenvalue weighted by Crippen LogP contribution is 2.43. The van der Waals surface area contributed by atoms with Crippen LogP contribution in [0.25, 0.3) is 0 Å². The Labute approximate surface area is 380 Å². The molecule has 338 valence electrons. The molecule has 9 nitrogen and oxygen atoms in total. The van der Waals surface area contributed by atoms with Crippen molar-refractivity contribution in [3.05, 3.63) is 145 Å². The van der Waals surface area contributed by atoms with Crippen LogP contribution < -0.4 is 20.1 Å². The van der Waals surface area contributed by atoms with Crippen LogP contribution in [0.2, 0.25) is 0 Å². The van der Waals surface area contributed by atoms with Crippen molar-refractivity contribution in [3.8, 4) is 23.0 Å². The van der Waals surface area contributed by atoms with Crippen molar-refractivity contribution in [2.24, 2.45) is 0 Å². The molecule has 3 heterocycles. The summed E-state index contributed by atoms with van der Waals surface area (Å²) in [5.74, 6) is 0.870. The van der Waals surface area contributed by atoms with E-state index in [2.05, 4.69) is 147 Å². The second-order valence-electron chi connectivity index (χ2n) is 21.9. The highest BCUT2D eigenvalue weighted by molar-refractivity contribution is 5.96. The molecule has 4 N–H and O–H groups in total. The molecular weight excluding hydrogens is 799 g/mol. The number of pyridine rings is 1. The number of rotatable bonds is 0. The molecule has 1 aromatic heterocycles. The van der Waals surface area contributed by atoms with E-state index in [9.17, 15) is 19.8 Å².